The van der Waals surface area contributed by atoms with Crippen LogP contribution in [0.1, 0.15) is 32.3 Å². The highest BCUT2D eigenvalue weighted by atomic mass is 32.2. The minimum atomic E-state index is -3.28. The van der Waals surface area contributed by atoms with Gasteiger partial charge in [0.05, 0.1) is 15.8 Å². The van der Waals surface area contributed by atoms with Crippen LogP contribution in [-0.4, -0.2) is 13.7 Å². The van der Waals surface area contributed by atoms with Gasteiger partial charge >= 0.3 is 0 Å². The van der Waals surface area contributed by atoms with Crippen molar-refractivity contribution in [1.82, 2.24) is 0 Å². The Labute approximate surface area is 97.6 Å². The molecule has 2 N–H and O–H groups in total. The molecule has 1 aromatic rings. The van der Waals surface area contributed by atoms with Gasteiger partial charge in [-0.1, -0.05) is 19.9 Å². The second-order valence-electron chi connectivity index (χ2n) is 4.02. The average molecular weight is 241 g/mol. The van der Waals surface area contributed by atoms with Crippen molar-refractivity contribution in [3.8, 4) is 0 Å². The fraction of sp³-hybridized carbons (Fsp3) is 0.500. The Balaban J connectivity index is 3.31. The first-order chi connectivity index (χ1) is 7.43. The van der Waals surface area contributed by atoms with Crippen molar-refractivity contribution in [2.24, 2.45) is 0 Å². The summed E-state index contributed by atoms with van der Waals surface area (Å²) in [7, 11) is -3.28. The molecule has 0 fully saturated rings. The summed E-state index contributed by atoms with van der Waals surface area (Å²) in [5, 5.41) is -0.336. The van der Waals surface area contributed by atoms with Crippen molar-refractivity contribution in [1.29, 1.82) is 0 Å². The topological polar surface area (TPSA) is 60.2 Å². The molecule has 4 heteroatoms. The first-order valence-corrected chi connectivity index (χ1v) is 7.08. The van der Waals surface area contributed by atoms with Crippen LogP contribution in [-0.2, 0) is 9.84 Å². The number of nitrogens with two attached hydrogens (primary N) is 1. The molecule has 0 amide bonds. The van der Waals surface area contributed by atoms with Gasteiger partial charge in [-0.3, -0.25) is 0 Å². The zero-order valence-corrected chi connectivity index (χ0v) is 10.8. The van der Waals surface area contributed by atoms with Gasteiger partial charge in [0.25, 0.3) is 0 Å². The van der Waals surface area contributed by atoms with Gasteiger partial charge in [0.1, 0.15) is 0 Å². The monoisotopic (exact) mass is 241 g/mol. The Kier molecular flexibility index (Phi) is 3.97. The van der Waals surface area contributed by atoms with Crippen LogP contribution in [0, 0.1) is 6.92 Å². The number of aryl methyl sites for hydroxylation is 1. The summed E-state index contributed by atoms with van der Waals surface area (Å²) >= 11 is 0. The minimum absolute atomic E-state index is 0.279. The number of hydrogen-bond acceptors (Lipinski definition) is 3. The van der Waals surface area contributed by atoms with Gasteiger partial charge in [0, 0.05) is 0 Å². The van der Waals surface area contributed by atoms with E-state index in [1.807, 2.05) is 26.8 Å². The first-order valence-electron chi connectivity index (χ1n) is 5.53. The van der Waals surface area contributed by atoms with E-state index in [1.165, 1.54) is 0 Å². The third-order valence-electron chi connectivity index (χ3n) is 2.83. The molecule has 0 bridgehead atoms. The second-order valence-corrected chi connectivity index (χ2v) is 6.22. The maximum absolute atomic E-state index is 12.3. The van der Waals surface area contributed by atoms with Crippen LogP contribution in [0.15, 0.2) is 23.1 Å². The molecule has 0 aliphatic heterocycles. The molecule has 0 spiro atoms. The molecule has 3 nitrogen and oxygen atoms in total. The summed E-state index contributed by atoms with van der Waals surface area (Å²) in [5.74, 6) is 0. The van der Waals surface area contributed by atoms with E-state index in [-0.39, 0.29) is 10.1 Å². The van der Waals surface area contributed by atoms with Crippen molar-refractivity contribution in [3.63, 3.8) is 0 Å². The Morgan fingerprint density at radius 2 is 1.81 bits per heavy atom. The molecule has 0 radical (unpaired) electrons. The van der Waals surface area contributed by atoms with E-state index in [2.05, 4.69) is 0 Å². The lowest BCUT2D eigenvalue weighted by Gasteiger charge is -2.15. The van der Waals surface area contributed by atoms with Gasteiger partial charge in [0.15, 0.2) is 9.84 Å². The Bertz CT molecular complexity index is 462. The van der Waals surface area contributed by atoms with Crippen molar-refractivity contribution in [2.75, 3.05) is 5.73 Å². The second kappa shape index (κ2) is 4.87. The molecular formula is C12H19NO2S. The van der Waals surface area contributed by atoms with Gasteiger partial charge < -0.3 is 5.73 Å². The van der Waals surface area contributed by atoms with Crippen molar-refractivity contribution in [2.45, 2.75) is 43.8 Å². The van der Waals surface area contributed by atoms with E-state index >= 15 is 0 Å². The van der Waals surface area contributed by atoms with Gasteiger partial charge in [0.2, 0.25) is 0 Å². The van der Waals surface area contributed by atoms with Crippen LogP contribution in [0.2, 0.25) is 0 Å². The summed E-state index contributed by atoms with van der Waals surface area (Å²) in [6.07, 6.45) is 1.23. The van der Waals surface area contributed by atoms with Crippen molar-refractivity contribution in [3.05, 3.63) is 23.8 Å². The van der Waals surface area contributed by atoms with Crippen LogP contribution in [0.5, 0.6) is 0 Å². The molecule has 0 saturated carbocycles. The molecule has 0 atom stereocenters. The fourth-order valence-corrected chi connectivity index (χ4v) is 3.78. The lowest BCUT2D eigenvalue weighted by molar-refractivity contribution is 0.572. The number of nitrogen functional groups attached to an aromatic ring is 1. The summed E-state index contributed by atoms with van der Waals surface area (Å²) in [6, 6.07) is 5.13. The third kappa shape index (κ3) is 2.38. The highest BCUT2D eigenvalue weighted by Crippen LogP contribution is 2.26. The van der Waals surface area contributed by atoms with Crippen molar-refractivity contribution < 1.29 is 8.42 Å². The van der Waals surface area contributed by atoms with Crippen LogP contribution in [0.4, 0.5) is 5.69 Å². The normalized spacial score (nSPS) is 12.0. The standard InChI is InChI=1S/C12H19NO2S/c1-4-10(5-2)16(14,15)12-8-9(3)6-7-11(12)13/h6-8,10H,4-5,13H2,1-3H3. The van der Waals surface area contributed by atoms with Gasteiger partial charge in [-0.05, 0) is 37.5 Å². The van der Waals surface area contributed by atoms with Crippen LogP contribution in [0.3, 0.4) is 0 Å². The molecule has 0 aliphatic carbocycles. The molecule has 1 rings (SSSR count). The smallest absolute Gasteiger partial charge is 0.183 e. The van der Waals surface area contributed by atoms with E-state index in [0.29, 0.717) is 18.5 Å². The van der Waals surface area contributed by atoms with E-state index in [9.17, 15) is 8.42 Å². The molecular weight excluding hydrogens is 222 g/mol. The molecule has 0 aromatic heterocycles. The number of sulfone groups is 1. The van der Waals surface area contributed by atoms with Crippen LogP contribution < -0.4 is 5.73 Å². The largest absolute Gasteiger partial charge is 0.398 e. The van der Waals surface area contributed by atoms with E-state index < -0.39 is 9.84 Å². The van der Waals surface area contributed by atoms with Crippen LogP contribution >= 0.6 is 0 Å². The summed E-state index contributed by atoms with van der Waals surface area (Å²) in [4.78, 5) is 0.279. The SMILES string of the molecule is CCC(CC)S(=O)(=O)c1cc(C)ccc1N. The molecule has 0 saturated heterocycles. The van der Waals surface area contributed by atoms with E-state index in [1.54, 1.807) is 12.1 Å². The summed E-state index contributed by atoms with van der Waals surface area (Å²) < 4.78 is 24.6. The van der Waals surface area contributed by atoms with Gasteiger partial charge in [-0.25, -0.2) is 8.42 Å². The molecule has 1 aromatic carbocycles. The summed E-state index contributed by atoms with van der Waals surface area (Å²) in [6.45, 7) is 5.64. The Morgan fingerprint density at radius 3 is 2.31 bits per heavy atom. The summed E-state index contributed by atoms with van der Waals surface area (Å²) in [5.41, 5.74) is 7.00. The molecule has 0 unspecified atom stereocenters. The van der Waals surface area contributed by atoms with Gasteiger partial charge in [-0.15, -0.1) is 0 Å². The van der Waals surface area contributed by atoms with E-state index in [0.717, 1.165) is 5.56 Å². The van der Waals surface area contributed by atoms with Gasteiger partial charge in [-0.2, -0.15) is 0 Å². The maximum Gasteiger partial charge on any atom is 0.183 e. The predicted octanol–water partition coefficient (Wildman–Crippen LogP) is 2.54. The van der Waals surface area contributed by atoms with Crippen LogP contribution in [0.25, 0.3) is 0 Å². The third-order valence-corrected chi connectivity index (χ3v) is 5.34. The minimum Gasteiger partial charge on any atom is -0.398 e. The number of rotatable bonds is 4. The number of benzene rings is 1. The average Bonchev–Trinajstić information content (AvgIpc) is 2.23. The van der Waals surface area contributed by atoms with E-state index in [4.69, 9.17) is 5.73 Å². The van der Waals surface area contributed by atoms with Crippen molar-refractivity contribution >= 4 is 15.5 Å². The highest BCUT2D eigenvalue weighted by Gasteiger charge is 2.26. The molecule has 90 valence electrons. The zero-order chi connectivity index (χ0) is 12.3. The quantitative estimate of drug-likeness (QED) is 0.824. The zero-order valence-electron chi connectivity index (χ0n) is 10.0. The first kappa shape index (κ1) is 13.0. The molecule has 16 heavy (non-hydrogen) atoms. The maximum atomic E-state index is 12.3. The lowest BCUT2D eigenvalue weighted by atomic mass is 10.2. The Hall–Kier alpha value is -1.03. The highest BCUT2D eigenvalue weighted by molar-refractivity contribution is 7.92. The number of anilines is 1. The lowest BCUT2D eigenvalue weighted by Crippen LogP contribution is -2.21. The molecule has 0 aliphatic rings. The number of hydrogen-bond donors (Lipinski definition) is 1. The fourth-order valence-electron chi connectivity index (χ4n) is 1.80. The molecule has 0 heterocycles. The predicted molar refractivity (Wildman–Crippen MR) is 67.1 cm³/mol. The Morgan fingerprint density at radius 1 is 1.25 bits per heavy atom.